The first-order valence-electron chi connectivity index (χ1n) is 5.90. The Balaban J connectivity index is 0.00000144. The number of fused-ring (bicyclic) bond motifs is 1. The minimum absolute atomic E-state index is 0. The van der Waals surface area contributed by atoms with Gasteiger partial charge in [0.05, 0.1) is 5.69 Å². The number of hydrogen-bond donors (Lipinski definition) is 2. The zero-order valence-corrected chi connectivity index (χ0v) is 13.0. The molecule has 18 heavy (non-hydrogen) atoms. The maximum absolute atomic E-state index is 4.61. The van der Waals surface area contributed by atoms with Gasteiger partial charge in [-0.2, -0.15) is 0 Å². The summed E-state index contributed by atoms with van der Waals surface area (Å²) in [5.74, 6) is 0. The molecule has 0 aromatic carbocycles. The molecular formula is C12H21Cl2N3S. The van der Waals surface area contributed by atoms with E-state index < -0.39 is 0 Å². The van der Waals surface area contributed by atoms with Crippen LogP contribution in [0.5, 0.6) is 0 Å². The fourth-order valence-corrected chi connectivity index (χ4v) is 3.17. The molecule has 0 saturated carbocycles. The highest BCUT2D eigenvalue weighted by molar-refractivity contribution is 7.15. The number of nitrogens with one attached hydrogen (secondary N) is 2. The molecule has 0 amide bonds. The van der Waals surface area contributed by atoms with Gasteiger partial charge < -0.3 is 10.6 Å². The third-order valence-corrected chi connectivity index (χ3v) is 3.91. The standard InChI is InChI=1S/C12H19N3S.2ClH/c1-3-7-14-12-15-10-6-5-9(13-4-2)8-11(10)16-12;;/h3,9,13H,1,4-8H2,2H3,(H,14,15);2*1H. The number of thiazole rings is 1. The molecule has 6 heteroatoms. The summed E-state index contributed by atoms with van der Waals surface area (Å²) in [7, 11) is 0. The Hall–Kier alpha value is -0.290. The zero-order valence-electron chi connectivity index (χ0n) is 10.6. The molecule has 0 saturated heterocycles. The first-order chi connectivity index (χ1) is 7.83. The minimum atomic E-state index is 0. The summed E-state index contributed by atoms with van der Waals surface area (Å²) in [5.41, 5.74) is 1.30. The van der Waals surface area contributed by atoms with E-state index in [4.69, 9.17) is 0 Å². The Labute approximate surface area is 125 Å². The highest BCUT2D eigenvalue weighted by atomic mass is 35.5. The summed E-state index contributed by atoms with van der Waals surface area (Å²) in [6, 6.07) is 0.644. The third-order valence-electron chi connectivity index (χ3n) is 2.83. The lowest BCUT2D eigenvalue weighted by atomic mass is 9.98. The van der Waals surface area contributed by atoms with Gasteiger partial charge in [-0.1, -0.05) is 13.0 Å². The Bertz CT molecular complexity index is 368. The van der Waals surface area contributed by atoms with Crippen molar-refractivity contribution in [2.24, 2.45) is 0 Å². The van der Waals surface area contributed by atoms with Crippen LogP contribution in [-0.4, -0.2) is 24.1 Å². The van der Waals surface area contributed by atoms with E-state index in [1.807, 2.05) is 6.08 Å². The lowest BCUT2D eigenvalue weighted by molar-refractivity contribution is 0.471. The summed E-state index contributed by atoms with van der Waals surface area (Å²) in [6.07, 6.45) is 5.32. The Morgan fingerprint density at radius 1 is 1.50 bits per heavy atom. The summed E-state index contributed by atoms with van der Waals surface area (Å²) < 4.78 is 0. The van der Waals surface area contributed by atoms with Crippen molar-refractivity contribution in [3.63, 3.8) is 0 Å². The van der Waals surface area contributed by atoms with Gasteiger partial charge in [0.2, 0.25) is 0 Å². The van der Waals surface area contributed by atoms with E-state index in [1.165, 1.54) is 17.0 Å². The predicted octanol–water partition coefficient (Wildman–Crippen LogP) is 3.05. The van der Waals surface area contributed by atoms with Gasteiger partial charge in [0, 0.05) is 17.5 Å². The highest BCUT2D eigenvalue weighted by Gasteiger charge is 2.21. The molecule has 1 aliphatic rings. The van der Waals surface area contributed by atoms with Gasteiger partial charge in [0.15, 0.2) is 5.13 Å². The molecule has 3 nitrogen and oxygen atoms in total. The first kappa shape index (κ1) is 17.7. The van der Waals surface area contributed by atoms with Crippen LogP contribution in [0.25, 0.3) is 0 Å². The molecule has 0 fully saturated rings. The molecule has 104 valence electrons. The molecule has 2 rings (SSSR count). The van der Waals surface area contributed by atoms with Gasteiger partial charge in [-0.25, -0.2) is 4.98 Å². The van der Waals surface area contributed by atoms with E-state index in [1.54, 1.807) is 11.3 Å². The molecule has 1 atom stereocenters. The Morgan fingerprint density at radius 2 is 2.28 bits per heavy atom. The largest absolute Gasteiger partial charge is 0.358 e. The summed E-state index contributed by atoms with van der Waals surface area (Å²) in [6.45, 7) is 7.71. The predicted molar refractivity (Wildman–Crippen MR) is 84.8 cm³/mol. The topological polar surface area (TPSA) is 37.0 Å². The van der Waals surface area contributed by atoms with Gasteiger partial charge in [-0.05, 0) is 25.8 Å². The minimum Gasteiger partial charge on any atom is -0.358 e. The van der Waals surface area contributed by atoms with Crippen molar-refractivity contribution in [3.8, 4) is 0 Å². The van der Waals surface area contributed by atoms with Crippen molar-refractivity contribution < 1.29 is 0 Å². The van der Waals surface area contributed by atoms with Crippen molar-refractivity contribution >= 4 is 41.3 Å². The molecular weight excluding hydrogens is 289 g/mol. The van der Waals surface area contributed by atoms with Crippen LogP contribution < -0.4 is 10.6 Å². The van der Waals surface area contributed by atoms with Crippen LogP contribution in [0.2, 0.25) is 0 Å². The molecule has 0 bridgehead atoms. The fourth-order valence-electron chi connectivity index (χ4n) is 2.07. The highest BCUT2D eigenvalue weighted by Crippen LogP contribution is 2.29. The molecule has 1 aromatic heterocycles. The van der Waals surface area contributed by atoms with Gasteiger partial charge >= 0.3 is 0 Å². The quantitative estimate of drug-likeness (QED) is 0.821. The monoisotopic (exact) mass is 309 g/mol. The zero-order chi connectivity index (χ0) is 11.4. The maximum Gasteiger partial charge on any atom is 0.183 e. The van der Waals surface area contributed by atoms with E-state index in [0.717, 1.165) is 31.1 Å². The number of aromatic nitrogens is 1. The van der Waals surface area contributed by atoms with Crippen LogP contribution >= 0.6 is 36.2 Å². The molecule has 2 N–H and O–H groups in total. The van der Waals surface area contributed by atoms with E-state index in [-0.39, 0.29) is 24.8 Å². The average Bonchev–Trinajstić information content (AvgIpc) is 2.68. The van der Waals surface area contributed by atoms with Crippen LogP contribution in [0, 0.1) is 0 Å². The van der Waals surface area contributed by atoms with Crippen molar-refractivity contribution in [1.82, 2.24) is 10.3 Å². The van der Waals surface area contributed by atoms with E-state index in [2.05, 4.69) is 29.1 Å². The average molecular weight is 310 g/mol. The summed E-state index contributed by atoms with van der Waals surface area (Å²) in [4.78, 5) is 6.06. The second-order valence-corrected chi connectivity index (χ2v) is 5.14. The second-order valence-electron chi connectivity index (χ2n) is 4.06. The number of aryl methyl sites for hydroxylation is 1. The Kier molecular flexibility index (Phi) is 8.61. The molecule has 1 unspecified atom stereocenters. The summed E-state index contributed by atoms with van der Waals surface area (Å²) in [5, 5.41) is 7.83. The van der Waals surface area contributed by atoms with E-state index in [9.17, 15) is 0 Å². The lowest BCUT2D eigenvalue weighted by Gasteiger charge is -2.21. The van der Waals surface area contributed by atoms with Gasteiger partial charge in [0.25, 0.3) is 0 Å². The maximum atomic E-state index is 4.61. The number of anilines is 1. The fraction of sp³-hybridized carbons (Fsp3) is 0.583. The van der Waals surface area contributed by atoms with Crippen molar-refractivity contribution in [1.29, 1.82) is 0 Å². The van der Waals surface area contributed by atoms with Crippen molar-refractivity contribution in [2.45, 2.75) is 32.2 Å². The van der Waals surface area contributed by atoms with Crippen LogP contribution in [0.1, 0.15) is 23.9 Å². The summed E-state index contributed by atoms with van der Waals surface area (Å²) >= 11 is 1.79. The molecule has 0 aliphatic heterocycles. The van der Waals surface area contributed by atoms with Crippen LogP contribution in [0.3, 0.4) is 0 Å². The number of nitrogens with zero attached hydrogens (tertiary/aromatic N) is 1. The number of likely N-dealkylation sites (N-methyl/N-ethyl adjacent to an activating group) is 1. The second kappa shape index (κ2) is 8.75. The van der Waals surface area contributed by atoms with Gasteiger partial charge in [-0.15, -0.1) is 42.7 Å². The molecule has 1 heterocycles. The lowest BCUT2D eigenvalue weighted by Crippen LogP contribution is -2.33. The van der Waals surface area contributed by atoms with Crippen molar-refractivity contribution in [2.75, 3.05) is 18.4 Å². The normalized spacial score (nSPS) is 17.1. The molecule has 1 aromatic rings. The number of hydrogen-bond acceptors (Lipinski definition) is 4. The van der Waals surface area contributed by atoms with Crippen LogP contribution in [-0.2, 0) is 12.8 Å². The number of halogens is 2. The Morgan fingerprint density at radius 3 is 2.94 bits per heavy atom. The molecule has 0 radical (unpaired) electrons. The SMILES string of the molecule is C=CCNc1nc2c(s1)CC(NCC)CC2.Cl.Cl. The van der Waals surface area contributed by atoms with Crippen molar-refractivity contribution in [3.05, 3.63) is 23.2 Å². The van der Waals surface area contributed by atoms with E-state index in [0.29, 0.717) is 6.04 Å². The third kappa shape index (κ3) is 4.43. The van der Waals surface area contributed by atoms with Crippen LogP contribution in [0.15, 0.2) is 12.7 Å². The van der Waals surface area contributed by atoms with E-state index >= 15 is 0 Å². The smallest absolute Gasteiger partial charge is 0.183 e. The van der Waals surface area contributed by atoms with Gasteiger partial charge in [-0.3, -0.25) is 0 Å². The number of rotatable bonds is 5. The first-order valence-corrected chi connectivity index (χ1v) is 6.71. The van der Waals surface area contributed by atoms with Gasteiger partial charge in [0.1, 0.15) is 0 Å². The molecule has 1 aliphatic carbocycles. The van der Waals surface area contributed by atoms with Crippen LogP contribution in [0.4, 0.5) is 5.13 Å². The molecule has 0 spiro atoms.